The van der Waals surface area contributed by atoms with E-state index in [0.29, 0.717) is 11.3 Å². The molecule has 0 spiro atoms. The molecule has 0 saturated carbocycles. The maximum absolute atomic E-state index is 14.3. The van der Waals surface area contributed by atoms with Crippen molar-refractivity contribution >= 4 is 10.0 Å². The Morgan fingerprint density at radius 3 is 2.07 bits per heavy atom. The predicted molar refractivity (Wildman–Crippen MR) is 112 cm³/mol. The van der Waals surface area contributed by atoms with Crippen LogP contribution in [0.25, 0.3) is 11.1 Å². The predicted octanol–water partition coefficient (Wildman–Crippen LogP) is 4.00. The van der Waals surface area contributed by atoms with Gasteiger partial charge in [-0.15, -0.1) is 0 Å². The minimum absolute atomic E-state index is 0.0550. The van der Waals surface area contributed by atoms with Crippen LogP contribution in [0.4, 0.5) is 4.39 Å². The van der Waals surface area contributed by atoms with Crippen molar-refractivity contribution in [1.29, 1.82) is 0 Å². The number of methoxy groups -OCH3 is 3. The fraction of sp³-hybridized carbons (Fsp3) is 0.182. The summed E-state index contributed by atoms with van der Waals surface area (Å²) in [5, 5.41) is 0. The molecule has 0 aliphatic carbocycles. The van der Waals surface area contributed by atoms with Crippen LogP contribution in [-0.2, 0) is 16.6 Å². The largest absolute Gasteiger partial charge is 0.494 e. The van der Waals surface area contributed by atoms with Gasteiger partial charge in [-0.3, -0.25) is 0 Å². The second kappa shape index (κ2) is 9.15. The van der Waals surface area contributed by atoms with Crippen molar-refractivity contribution in [3.63, 3.8) is 0 Å². The van der Waals surface area contributed by atoms with Gasteiger partial charge < -0.3 is 14.2 Å². The molecule has 0 fully saturated rings. The van der Waals surface area contributed by atoms with Gasteiger partial charge in [-0.1, -0.05) is 36.4 Å². The van der Waals surface area contributed by atoms with Gasteiger partial charge in [0.2, 0.25) is 10.0 Å². The topological polar surface area (TPSA) is 73.9 Å². The van der Waals surface area contributed by atoms with E-state index in [1.54, 1.807) is 6.07 Å². The highest BCUT2D eigenvalue weighted by molar-refractivity contribution is 7.89. The van der Waals surface area contributed by atoms with E-state index in [1.165, 1.54) is 45.6 Å². The molecule has 0 aliphatic rings. The number of nitrogens with one attached hydrogen (secondary N) is 1. The molecule has 8 heteroatoms. The SMILES string of the molecule is COc1ccc(-c2cc(OC)c(OC)cc2S(=O)(=O)NCc2ccccc2)cc1F. The molecule has 0 radical (unpaired) electrons. The molecule has 0 aliphatic heterocycles. The number of sulfonamides is 1. The van der Waals surface area contributed by atoms with Gasteiger partial charge in [0.05, 0.1) is 26.2 Å². The molecule has 0 bridgehead atoms. The van der Waals surface area contributed by atoms with Gasteiger partial charge in [-0.05, 0) is 29.3 Å². The van der Waals surface area contributed by atoms with E-state index >= 15 is 0 Å². The van der Waals surface area contributed by atoms with Gasteiger partial charge in [0.1, 0.15) is 0 Å². The third kappa shape index (κ3) is 4.55. The van der Waals surface area contributed by atoms with E-state index in [9.17, 15) is 12.8 Å². The van der Waals surface area contributed by atoms with Gasteiger partial charge in [0.25, 0.3) is 0 Å². The lowest BCUT2D eigenvalue weighted by molar-refractivity contribution is 0.354. The van der Waals surface area contributed by atoms with E-state index < -0.39 is 15.8 Å². The zero-order chi connectivity index (χ0) is 21.7. The van der Waals surface area contributed by atoms with Crippen LogP contribution in [-0.4, -0.2) is 29.7 Å². The molecule has 30 heavy (non-hydrogen) atoms. The maximum Gasteiger partial charge on any atom is 0.241 e. The van der Waals surface area contributed by atoms with Crippen LogP contribution in [0.1, 0.15) is 5.56 Å². The average molecular weight is 431 g/mol. The minimum Gasteiger partial charge on any atom is -0.494 e. The normalized spacial score (nSPS) is 11.2. The van der Waals surface area contributed by atoms with Crippen LogP contribution in [0.2, 0.25) is 0 Å². The Labute approximate surface area is 175 Å². The third-order valence-electron chi connectivity index (χ3n) is 4.55. The number of rotatable bonds is 8. The highest BCUT2D eigenvalue weighted by atomic mass is 32.2. The highest BCUT2D eigenvalue weighted by Crippen LogP contribution is 2.39. The lowest BCUT2D eigenvalue weighted by Gasteiger charge is -2.16. The molecule has 158 valence electrons. The minimum atomic E-state index is -3.96. The number of halogens is 1. The standard InChI is InChI=1S/C22H22FNO5S/c1-27-19-10-9-16(11-18(19)23)17-12-20(28-2)21(29-3)13-22(17)30(25,26)24-14-15-7-5-4-6-8-15/h4-13,24H,14H2,1-3H3. The zero-order valence-electron chi connectivity index (χ0n) is 16.8. The number of benzene rings is 3. The lowest BCUT2D eigenvalue weighted by atomic mass is 10.0. The van der Waals surface area contributed by atoms with E-state index in [0.717, 1.165) is 5.56 Å². The molecule has 1 N–H and O–H groups in total. The van der Waals surface area contributed by atoms with Crippen molar-refractivity contribution in [1.82, 2.24) is 4.72 Å². The van der Waals surface area contributed by atoms with E-state index in [2.05, 4.69) is 4.72 Å². The Morgan fingerprint density at radius 2 is 1.47 bits per heavy atom. The molecule has 0 heterocycles. The second-order valence-electron chi connectivity index (χ2n) is 6.36. The van der Waals surface area contributed by atoms with Crippen molar-refractivity contribution < 1.29 is 27.0 Å². The summed E-state index contributed by atoms with van der Waals surface area (Å²) in [7, 11) is 0.254. The van der Waals surface area contributed by atoms with Crippen LogP contribution in [0.3, 0.4) is 0 Å². The molecular weight excluding hydrogens is 409 g/mol. The van der Waals surface area contributed by atoms with Crippen LogP contribution in [0.5, 0.6) is 17.2 Å². The molecule has 0 unspecified atom stereocenters. The molecule has 6 nitrogen and oxygen atoms in total. The quantitative estimate of drug-likeness (QED) is 0.584. The van der Waals surface area contributed by atoms with E-state index in [1.807, 2.05) is 30.3 Å². The van der Waals surface area contributed by atoms with Crippen molar-refractivity contribution in [3.05, 3.63) is 72.0 Å². The second-order valence-corrected chi connectivity index (χ2v) is 8.10. The molecule has 0 saturated heterocycles. The highest BCUT2D eigenvalue weighted by Gasteiger charge is 2.24. The first-order valence-electron chi connectivity index (χ1n) is 9.03. The van der Waals surface area contributed by atoms with Crippen LogP contribution < -0.4 is 18.9 Å². The zero-order valence-corrected chi connectivity index (χ0v) is 17.6. The fourth-order valence-corrected chi connectivity index (χ4v) is 4.23. The summed E-state index contributed by atoms with van der Waals surface area (Å²) in [5.74, 6) is 0.0252. The Balaban J connectivity index is 2.10. The maximum atomic E-state index is 14.3. The Bertz CT molecular complexity index is 1130. The van der Waals surface area contributed by atoms with E-state index in [-0.39, 0.29) is 28.5 Å². The first-order chi connectivity index (χ1) is 14.4. The summed E-state index contributed by atoms with van der Waals surface area (Å²) in [6.07, 6.45) is 0. The lowest BCUT2D eigenvalue weighted by Crippen LogP contribution is -2.24. The number of hydrogen-bond acceptors (Lipinski definition) is 5. The number of ether oxygens (including phenoxy) is 3. The van der Waals surface area contributed by atoms with E-state index in [4.69, 9.17) is 14.2 Å². The van der Waals surface area contributed by atoms with Crippen molar-refractivity contribution in [3.8, 4) is 28.4 Å². The Kier molecular flexibility index (Phi) is 6.59. The van der Waals surface area contributed by atoms with Gasteiger partial charge in [0, 0.05) is 18.2 Å². The van der Waals surface area contributed by atoms with Gasteiger partial charge >= 0.3 is 0 Å². The molecule has 3 aromatic rings. The smallest absolute Gasteiger partial charge is 0.241 e. The molecular formula is C22H22FNO5S. The first kappa shape index (κ1) is 21.6. The molecule has 3 aromatic carbocycles. The molecule has 3 rings (SSSR count). The molecule has 0 atom stereocenters. The monoisotopic (exact) mass is 431 g/mol. The van der Waals surface area contributed by atoms with Gasteiger partial charge in [-0.25, -0.2) is 17.5 Å². The molecule has 0 aromatic heterocycles. The van der Waals surface area contributed by atoms with Gasteiger partial charge in [0.15, 0.2) is 23.1 Å². The summed E-state index contributed by atoms with van der Waals surface area (Å²) < 4.78 is 58.7. The average Bonchev–Trinajstić information content (AvgIpc) is 2.77. The van der Waals surface area contributed by atoms with Crippen molar-refractivity contribution in [2.24, 2.45) is 0 Å². The summed E-state index contributed by atoms with van der Waals surface area (Å²) in [6, 6.07) is 16.2. The summed E-state index contributed by atoms with van der Waals surface area (Å²) in [6.45, 7) is 0.105. The first-order valence-corrected chi connectivity index (χ1v) is 10.5. The fourth-order valence-electron chi connectivity index (χ4n) is 2.99. The van der Waals surface area contributed by atoms with Crippen LogP contribution in [0.15, 0.2) is 65.6 Å². The third-order valence-corrected chi connectivity index (χ3v) is 5.99. The van der Waals surface area contributed by atoms with Crippen LogP contribution in [0, 0.1) is 5.82 Å². The summed E-state index contributed by atoms with van der Waals surface area (Å²) >= 11 is 0. The summed E-state index contributed by atoms with van der Waals surface area (Å²) in [4.78, 5) is -0.0550. The van der Waals surface area contributed by atoms with Crippen molar-refractivity contribution in [2.75, 3.05) is 21.3 Å². The number of hydrogen-bond donors (Lipinski definition) is 1. The molecule has 0 amide bonds. The van der Waals surface area contributed by atoms with Gasteiger partial charge in [-0.2, -0.15) is 0 Å². The Morgan fingerprint density at radius 1 is 0.833 bits per heavy atom. The Hall–Kier alpha value is -3.10. The summed E-state index contributed by atoms with van der Waals surface area (Å²) in [5.41, 5.74) is 1.43. The van der Waals surface area contributed by atoms with Crippen molar-refractivity contribution in [2.45, 2.75) is 11.4 Å². The van der Waals surface area contributed by atoms with Crippen LogP contribution >= 0.6 is 0 Å².